The molecule has 1 fully saturated rings. The molecule has 5 nitrogen and oxygen atoms in total. The highest BCUT2D eigenvalue weighted by Gasteiger charge is 2.52. The van der Waals surface area contributed by atoms with Crippen molar-refractivity contribution in [1.82, 2.24) is 5.32 Å². The van der Waals surface area contributed by atoms with E-state index in [4.69, 9.17) is 9.15 Å². The molecule has 1 unspecified atom stereocenters. The number of nitrogens with one attached hydrogen (secondary N) is 1. The zero-order valence-corrected chi connectivity index (χ0v) is 13.1. The van der Waals surface area contributed by atoms with Crippen molar-refractivity contribution >= 4 is 17.1 Å². The Kier molecular flexibility index (Phi) is 3.40. The summed E-state index contributed by atoms with van der Waals surface area (Å²) < 4.78 is 11.0. The average molecular weight is 303 g/mol. The number of fused-ring (bicyclic) bond motifs is 1. The molecular weight excluding hydrogens is 282 g/mol. The summed E-state index contributed by atoms with van der Waals surface area (Å²) in [6, 6.07) is 9.40. The lowest BCUT2D eigenvalue weighted by atomic mass is 10.1. The quantitative estimate of drug-likeness (QED) is 0.910. The van der Waals surface area contributed by atoms with E-state index in [0.717, 1.165) is 11.0 Å². The highest BCUT2D eigenvalue weighted by atomic mass is 16.6. The molecule has 0 bridgehead atoms. The van der Waals surface area contributed by atoms with Gasteiger partial charge in [-0.1, -0.05) is 18.2 Å². The predicted molar refractivity (Wildman–Crippen MR) is 82.5 cm³/mol. The molecule has 1 amide bonds. The highest BCUT2D eigenvalue weighted by molar-refractivity contribution is 5.78. The zero-order valence-electron chi connectivity index (χ0n) is 13.1. The Bertz CT molecular complexity index is 661. The van der Waals surface area contributed by atoms with Crippen molar-refractivity contribution in [3.63, 3.8) is 0 Å². The molecule has 1 saturated carbocycles. The van der Waals surface area contributed by atoms with Gasteiger partial charge in [0.15, 0.2) is 0 Å². The zero-order chi connectivity index (χ0) is 16.0. The third-order valence-electron chi connectivity index (χ3n) is 3.78. The summed E-state index contributed by atoms with van der Waals surface area (Å²) in [6.45, 7) is 5.42. The molecule has 0 radical (unpaired) electrons. The van der Waals surface area contributed by atoms with Crippen molar-refractivity contribution in [2.45, 2.75) is 50.9 Å². The van der Waals surface area contributed by atoms with Crippen molar-refractivity contribution in [2.75, 3.05) is 0 Å². The van der Waals surface area contributed by atoms with Crippen LogP contribution in [0.4, 0.5) is 4.79 Å². The first-order valence-corrected chi connectivity index (χ1v) is 7.47. The number of furan rings is 1. The second kappa shape index (κ2) is 5.02. The van der Waals surface area contributed by atoms with Crippen LogP contribution < -0.4 is 5.32 Å². The number of hydrogen-bond donors (Lipinski definition) is 2. The van der Waals surface area contributed by atoms with Crippen LogP contribution in [0.15, 0.2) is 34.7 Å². The first-order chi connectivity index (χ1) is 10.3. The summed E-state index contributed by atoms with van der Waals surface area (Å²) in [5.41, 5.74) is -0.523. The van der Waals surface area contributed by atoms with Gasteiger partial charge >= 0.3 is 6.09 Å². The van der Waals surface area contributed by atoms with Crippen LogP contribution in [0.5, 0.6) is 0 Å². The lowest BCUT2D eigenvalue weighted by Crippen LogP contribution is -2.44. The normalized spacial score (nSPS) is 18.0. The highest BCUT2D eigenvalue weighted by Crippen LogP contribution is 2.47. The third kappa shape index (κ3) is 2.95. The van der Waals surface area contributed by atoms with Crippen molar-refractivity contribution < 1.29 is 19.1 Å². The minimum Gasteiger partial charge on any atom is -0.458 e. The maximum absolute atomic E-state index is 11.9. The maximum atomic E-state index is 11.9. The minimum atomic E-state index is -0.882. The molecule has 22 heavy (non-hydrogen) atoms. The van der Waals surface area contributed by atoms with Crippen LogP contribution in [0, 0.1) is 0 Å². The number of rotatable bonds is 3. The Morgan fingerprint density at radius 1 is 1.36 bits per heavy atom. The Hall–Kier alpha value is -2.01. The molecule has 1 aromatic heterocycles. The summed E-state index contributed by atoms with van der Waals surface area (Å²) in [5.74, 6) is 0.467. The van der Waals surface area contributed by atoms with Crippen LogP contribution in [-0.2, 0) is 4.74 Å². The molecular formula is C17H21NO4. The Morgan fingerprint density at radius 3 is 2.64 bits per heavy atom. The number of para-hydroxylation sites is 1. The summed E-state index contributed by atoms with van der Waals surface area (Å²) in [7, 11) is 0. The van der Waals surface area contributed by atoms with Crippen LogP contribution in [-0.4, -0.2) is 22.3 Å². The van der Waals surface area contributed by atoms with Crippen molar-refractivity contribution in [1.29, 1.82) is 0 Å². The van der Waals surface area contributed by atoms with Gasteiger partial charge in [0.1, 0.15) is 23.0 Å². The number of hydrogen-bond acceptors (Lipinski definition) is 4. The van der Waals surface area contributed by atoms with Gasteiger partial charge in [0, 0.05) is 5.39 Å². The van der Waals surface area contributed by atoms with Crippen LogP contribution in [0.2, 0.25) is 0 Å². The van der Waals surface area contributed by atoms with Crippen LogP contribution in [0.25, 0.3) is 11.0 Å². The number of alkyl carbamates (subject to hydrolysis) is 1. The fraction of sp³-hybridized carbons (Fsp3) is 0.471. The van der Waals surface area contributed by atoms with Gasteiger partial charge in [-0.25, -0.2) is 4.79 Å². The largest absolute Gasteiger partial charge is 0.458 e. The van der Waals surface area contributed by atoms with E-state index in [0.29, 0.717) is 18.6 Å². The van der Waals surface area contributed by atoms with E-state index >= 15 is 0 Å². The molecule has 1 aliphatic carbocycles. The number of ether oxygens (including phenoxy) is 1. The molecule has 3 rings (SSSR count). The number of aliphatic hydroxyl groups is 1. The van der Waals surface area contributed by atoms with Crippen molar-refractivity contribution in [3.8, 4) is 0 Å². The number of carbonyl (C=O) groups is 1. The Balaban J connectivity index is 1.76. The lowest BCUT2D eigenvalue weighted by molar-refractivity contribution is 0.0365. The van der Waals surface area contributed by atoms with Gasteiger partial charge in [0.05, 0.1) is 5.54 Å². The molecule has 5 heteroatoms. The fourth-order valence-corrected chi connectivity index (χ4v) is 2.52. The lowest BCUT2D eigenvalue weighted by Gasteiger charge is -2.25. The van der Waals surface area contributed by atoms with Crippen molar-refractivity contribution in [2.24, 2.45) is 0 Å². The topological polar surface area (TPSA) is 71.7 Å². The van der Waals surface area contributed by atoms with Gasteiger partial charge in [-0.05, 0) is 45.7 Å². The van der Waals surface area contributed by atoms with Gasteiger partial charge < -0.3 is 19.6 Å². The molecule has 0 spiro atoms. The van der Waals surface area contributed by atoms with Crippen molar-refractivity contribution in [3.05, 3.63) is 36.1 Å². The van der Waals surface area contributed by atoms with E-state index in [1.165, 1.54) is 0 Å². The second-order valence-corrected chi connectivity index (χ2v) is 6.87. The fourth-order valence-electron chi connectivity index (χ4n) is 2.52. The molecule has 1 heterocycles. The van der Waals surface area contributed by atoms with Crippen LogP contribution in [0.1, 0.15) is 45.5 Å². The first-order valence-electron chi connectivity index (χ1n) is 7.47. The standard InChI is InChI=1S/C17H21NO4/c1-16(2,3)22-15(20)18-17(8-9-17)14(19)13-10-11-6-4-5-7-12(11)21-13/h4-7,10,14,19H,8-9H2,1-3H3,(H,18,20). The SMILES string of the molecule is CC(C)(C)OC(=O)NC1(C(O)c2cc3ccccc3o2)CC1. The van der Waals surface area contributed by atoms with Crippen LogP contribution >= 0.6 is 0 Å². The average Bonchev–Trinajstić information content (AvgIpc) is 3.05. The molecule has 118 valence electrons. The number of carbonyl (C=O) groups excluding carboxylic acids is 1. The van der Waals surface area contributed by atoms with E-state index in [9.17, 15) is 9.90 Å². The maximum Gasteiger partial charge on any atom is 0.408 e. The molecule has 2 N–H and O–H groups in total. The molecule has 0 saturated heterocycles. The third-order valence-corrected chi connectivity index (χ3v) is 3.78. The van der Waals surface area contributed by atoms with E-state index < -0.39 is 23.3 Å². The molecule has 0 aliphatic heterocycles. The number of aliphatic hydroxyl groups excluding tert-OH is 1. The van der Waals surface area contributed by atoms with E-state index in [2.05, 4.69) is 5.32 Å². The first kappa shape index (κ1) is 14.9. The molecule has 1 atom stereocenters. The monoisotopic (exact) mass is 303 g/mol. The predicted octanol–water partition coefficient (Wildman–Crippen LogP) is 3.52. The van der Waals surface area contributed by atoms with Crippen LogP contribution in [0.3, 0.4) is 0 Å². The van der Waals surface area contributed by atoms with Gasteiger partial charge in [-0.3, -0.25) is 0 Å². The second-order valence-electron chi connectivity index (χ2n) is 6.87. The number of benzene rings is 1. The van der Waals surface area contributed by atoms with Gasteiger partial charge in [-0.2, -0.15) is 0 Å². The molecule has 1 aliphatic rings. The Labute approximate surface area is 129 Å². The summed E-state index contributed by atoms with van der Waals surface area (Å²) in [4.78, 5) is 11.9. The summed E-state index contributed by atoms with van der Waals surface area (Å²) >= 11 is 0. The van der Waals surface area contributed by atoms with Gasteiger partial charge in [0.25, 0.3) is 0 Å². The van der Waals surface area contributed by atoms with E-state index in [-0.39, 0.29) is 0 Å². The van der Waals surface area contributed by atoms with E-state index in [1.54, 1.807) is 0 Å². The number of amides is 1. The van der Waals surface area contributed by atoms with Gasteiger partial charge in [0.2, 0.25) is 0 Å². The minimum absolute atomic E-state index is 0.467. The Morgan fingerprint density at radius 2 is 2.05 bits per heavy atom. The smallest absolute Gasteiger partial charge is 0.408 e. The summed E-state index contributed by atoms with van der Waals surface area (Å²) in [6.07, 6.45) is 0.00197. The molecule has 2 aromatic rings. The van der Waals surface area contributed by atoms with E-state index in [1.807, 2.05) is 51.1 Å². The summed E-state index contributed by atoms with van der Waals surface area (Å²) in [5, 5.41) is 14.3. The van der Waals surface area contributed by atoms with Gasteiger partial charge in [-0.15, -0.1) is 0 Å². The molecule has 1 aromatic carbocycles.